The SMILES string of the molecule is COc1ccc(C(=O)Oc2ccc(C=CC(=O)O)cc2OC)cc1O. The molecule has 0 aliphatic rings. The van der Waals surface area contributed by atoms with Crippen molar-refractivity contribution in [2.75, 3.05) is 14.2 Å². The first-order valence-corrected chi connectivity index (χ1v) is 7.13. The van der Waals surface area contributed by atoms with Crippen LogP contribution in [0.2, 0.25) is 0 Å². The van der Waals surface area contributed by atoms with E-state index in [2.05, 4.69) is 0 Å². The summed E-state index contributed by atoms with van der Waals surface area (Å²) in [5.41, 5.74) is 0.705. The molecule has 0 saturated heterocycles. The van der Waals surface area contributed by atoms with Gasteiger partial charge in [0.1, 0.15) is 0 Å². The Balaban J connectivity index is 2.22. The van der Waals surface area contributed by atoms with E-state index in [0.717, 1.165) is 6.08 Å². The molecule has 7 heteroatoms. The van der Waals surface area contributed by atoms with Crippen molar-refractivity contribution in [2.24, 2.45) is 0 Å². The van der Waals surface area contributed by atoms with E-state index in [1.165, 1.54) is 50.6 Å². The standard InChI is InChI=1S/C18H16O7/c1-23-14-7-5-12(10-13(14)19)18(22)25-15-6-3-11(4-8-17(20)21)9-16(15)24-2/h3-10,19H,1-2H3,(H,20,21). The molecule has 0 spiro atoms. The van der Waals surface area contributed by atoms with Gasteiger partial charge in [0, 0.05) is 6.08 Å². The van der Waals surface area contributed by atoms with Crippen molar-refractivity contribution in [3.8, 4) is 23.0 Å². The summed E-state index contributed by atoms with van der Waals surface area (Å²) in [4.78, 5) is 22.8. The average molecular weight is 344 g/mol. The minimum absolute atomic E-state index is 0.134. The number of carboxylic acids is 1. The fourth-order valence-electron chi connectivity index (χ4n) is 2.02. The van der Waals surface area contributed by atoms with Gasteiger partial charge in [-0.1, -0.05) is 6.07 Å². The van der Waals surface area contributed by atoms with Gasteiger partial charge in [-0.3, -0.25) is 0 Å². The van der Waals surface area contributed by atoms with Gasteiger partial charge in [-0.05, 0) is 42.0 Å². The van der Waals surface area contributed by atoms with Crippen molar-refractivity contribution in [3.05, 3.63) is 53.6 Å². The number of aliphatic carboxylic acids is 1. The maximum absolute atomic E-state index is 12.2. The average Bonchev–Trinajstić information content (AvgIpc) is 2.60. The van der Waals surface area contributed by atoms with Crippen molar-refractivity contribution in [3.63, 3.8) is 0 Å². The van der Waals surface area contributed by atoms with Gasteiger partial charge in [-0.25, -0.2) is 9.59 Å². The number of phenols is 1. The van der Waals surface area contributed by atoms with Crippen LogP contribution in [0.15, 0.2) is 42.5 Å². The highest BCUT2D eigenvalue weighted by atomic mass is 16.6. The summed E-state index contributed by atoms with van der Waals surface area (Å²) in [6, 6.07) is 8.74. The molecular formula is C18H16O7. The number of esters is 1. The highest BCUT2D eigenvalue weighted by Gasteiger charge is 2.14. The first-order valence-electron chi connectivity index (χ1n) is 7.13. The molecule has 0 aliphatic heterocycles. The van der Waals surface area contributed by atoms with Crippen LogP contribution in [0.3, 0.4) is 0 Å². The molecule has 0 aromatic heterocycles. The number of carbonyl (C=O) groups is 2. The molecule has 0 saturated carbocycles. The van der Waals surface area contributed by atoms with Crippen LogP contribution in [-0.4, -0.2) is 36.4 Å². The zero-order valence-electron chi connectivity index (χ0n) is 13.6. The molecule has 0 atom stereocenters. The maximum atomic E-state index is 12.2. The summed E-state index contributed by atoms with van der Waals surface area (Å²) in [6.07, 6.45) is 2.37. The summed E-state index contributed by atoms with van der Waals surface area (Å²) < 4.78 is 15.4. The van der Waals surface area contributed by atoms with Crippen LogP contribution in [0.1, 0.15) is 15.9 Å². The molecule has 0 unspecified atom stereocenters. The Bertz CT molecular complexity index is 824. The first kappa shape index (κ1) is 17.9. The van der Waals surface area contributed by atoms with Crippen LogP contribution in [0.25, 0.3) is 6.08 Å². The van der Waals surface area contributed by atoms with Gasteiger partial charge < -0.3 is 24.4 Å². The Morgan fingerprint density at radius 2 is 1.64 bits per heavy atom. The van der Waals surface area contributed by atoms with Crippen LogP contribution >= 0.6 is 0 Å². The van der Waals surface area contributed by atoms with Gasteiger partial charge in [-0.2, -0.15) is 0 Å². The molecule has 0 aliphatic carbocycles. The van der Waals surface area contributed by atoms with Gasteiger partial charge in [0.05, 0.1) is 19.8 Å². The lowest BCUT2D eigenvalue weighted by molar-refractivity contribution is -0.131. The van der Waals surface area contributed by atoms with Crippen LogP contribution in [0, 0.1) is 0 Å². The number of aromatic hydroxyl groups is 1. The predicted molar refractivity (Wildman–Crippen MR) is 89.3 cm³/mol. The molecule has 2 rings (SSSR count). The second-order valence-corrected chi connectivity index (χ2v) is 4.86. The molecule has 2 aromatic rings. The third kappa shape index (κ3) is 4.51. The van der Waals surface area contributed by atoms with Crippen LogP contribution in [-0.2, 0) is 4.79 Å². The quantitative estimate of drug-likeness (QED) is 0.472. The lowest BCUT2D eigenvalue weighted by Crippen LogP contribution is -2.09. The highest BCUT2D eigenvalue weighted by Crippen LogP contribution is 2.31. The number of ether oxygens (including phenoxy) is 3. The Hall–Kier alpha value is -3.48. The van der Waals surface area contributed by atoms with E-state index in [0.29, 0.717) is 5.56 Å². The number of benzene rings is 2. The lowest BCUT2D eigenvalue weighted by atomic mass is 10.1. The van der Waals surface area contributed by atoms with Gasteiger partial charge in [-0.15, -0.1) is 0 Å². The van der Waals surface area contributed by atoms with E-state index in [-0.39, 0.29) is 28.6 Å². The normalized spacial score (nSPS) is 10.5. The van der Waals surface area contributed by atoms with Crippen molar-refractivity contribution < 1.29 is 34.0 Å². The molecule has 25 heavy (non-hydrogen) atoms. The van der Waals surface area contributed by atoms with Gasteiger partial charge in [0.15, 0.2) is 23.0 Å². The number of hydrogen-bond donors (Lipinski definition) is 2. The number of methoxy groups -OCH3 is 2. The molecule has 130 valence electrons. The zero-order valence-corrected chi connectivity index (χ0v) is 13.6. The highest BCUT2D eigenvalue weighted by molar-refractivity contribution is 5.92. The van der Waals surface area contributed by atoms with Gasteiger partial charge in [0.2, 0.25) is 0 Å². The van der Waals surface area contributed by atoms with E-state index in [1.54, 1.807) is 6.07 Å². The minimum Gasteiger partial charge on any atom is -0.504 e. The maximum Gasteiger partial charge on any atom is 0.343 e. The molecule has 0 bridgehead atoms. The molecular weight excluding hydrogens is 328 g/mol. The van der Waals surface area contributed by atoms with Crippen molar-refractivity contribution in [1.29, 1.82) is 0 Å². The number of hydrogen-bond acceptors (Lipinski definition) is 6. The van der Waals surface area contributed by atoms with E-state index in [1.807, 2.05) is 0 Å². The Kier molecular flexibility index (Phi) is 5.62. The zero-order chi connectivity index (χ0) is 18.4. The fraction of sp³-hybridized carbons (Fsp3) is 0.111. The summed E-state index contributed by atoms with van der Waals surface area (Å²) in [5.74, 6) is -1.28. The van der Waals surface area contributed by atoms with Gasteiger partial charge in [0.25, 0.3) is 0 Å². The minimum atomic E-state index is -1.08. The molecule has 0 amide bonds. The summed E-state index contributed by atoms with van der Waals surface area (Å²) in [6.45, 7) is 0. The molecule has 2 aromatic carbocycles. The summed E-state index contributed by atoms with van der Waals surface area (Å²) in [5, 5.41) is 18.4. The predicted octanol–water partition coefficient (Wildman–Crippen LogP) is 2.73. The number of carboxylic acid groups (broad SMARTS) is 1. The van der Waals surface area contributed by atoms with Crippen molar-refractivity contribution in [1.82, 2.24) is 0 Å². The molecule has 2 N–H and O–H groups in total. The second kappa shape index (κ2) is 7.87. The van der Waals surface area contributed by atoms with Gasteiger partial charge >= 0.3 is 11.9 Å². The number of carbonyl (C=O) groups excluding carboxylic acids is 1. The smallest absolute Gasteiger partial charge is 0.343 e. The van der Waals surface area contributed by atoms with E-state index in [4.69, 9.17) is 19.3 Å². The molecule has 0 radical (unpaired) electrons. The Morgan fingerprint density at radius 1 is 0.960 bits per heavy atom. The monoisotopic (exact) mass is 344 g/mol. The molecule has 7 nitrogen and oxygen atoms in total. The lowest BCUT2D eigenvalue weighted by Gasteiger charge is -2.10. The Labute approximate surface area is 143 Å². The summed E-state index contributed by atoms with van der Waals surface area (Å²) >= 11 is 0. The molecule has 0 heterocycles. The second-order valence-electron chi connectivity index (χ2n) is 4.86. The third-order valence-corrected chi connectivity index (χ3v) is 3.22. The Morgan fingerprint density at radius 3 is 2.24 bits per heavy atom. The first-order chi connectivity index (χ1) is 11.9. The van der Waals surface area contributed by atoms with Crippen LogP contribution in [0.5, 0.6) is 23.0 Å². The molecule has 0 fully saturated rings. The largest absolute Gasteiger partial charge is 0.504 e. The number of rotatable bonds is 6. The van der Waals surface area contributed by atoms with E-state index >= 15 is 0 Å². The van der Waals surface area contributed by atoms with E-state index in [9.17, 15) is 14.7 Å². The topological polar surface area (TPSA) is 102 Å². The fourth-order valence-corrected chi connectivity index (χ4v) is 2.02. The van der Waals surface area contributed by atoms with Crippen LogP contribution in [0.4, 0.5) is 0 Å². The van der Waals surface area contributed by atoms with Crippen LogP contribution < -0.4 is 14.2 Å². The van der Waals surface area contributed by atoms with E-state index < -0.39 is 11.9 Å². The summed E-state index contributed by atoms with van der Waals surface area (Å²) in [7, 11) is 2.80. The van der Waals surface area contributed by atoms with Crippen molar-refractivity contribution >= 4 is 18.0 Å². The van der Waals surface area contributed by atoms with Crippen molar-refractivity contribution in [2.45, 2.75) is 0 Å². The number of phenolic OH excluding ortho intramolecular Hbond substituents is 1. The third-order valence-electron chi connectivity index (χ3n) is 3.22.